The summed E-state index contributed by atoms with van der Waals surface area (Å²) in [6, 6.07) is 2.85. The number of rotatable bonds is 3. The number of pyridine rings is 1. The number of nitrogen functional groups attached to an aromatic ring is 1. The molecule has 0 saturated carbocycles. The van der Waals surface area contributed by atoms with Crippen LogP contribution >= 0.6 is 0 Å². The number of aryl methyl sites for hydroxylation is 2. The van der Waals surface area contributed by atoms with Gasteiger partial charge in [-0.25, -0.2) is 13.4 Å². The highest BCUT2D eigenvalue weighted by Gasteiger charge is 2.19. The number of nitrogens with one attached hydrogen (secondary N) is 1. The topological polar surface area (TPSA) is 103 Å². The molecule has 102 valence electrons. The lowest BCUT2D eigenvalue weighted by molar-refractivity contribution is 0.600. The van der Waals surface area contributed by atoms with E-state index >= 15 is 0 Å². The van der Waals surface area contributed by atoms with E-state index in [-0.39, 0.29) is 10.7 Å². The van der Waals surface area contributed by atoms with Gasteiger partial charge in [-0.05, 0) is 26.0 Å². The summed E-state index contributed by atoms with van der Waals surface area (Å²) >= 11 is 0. The first-order chi connectivity index (χ1) is 8.81. The molecule has 8 heteroatoms. The predicted molar refractivity (Wildman–Crippen MR) is 72.1 cm³/mol. The zero-order valence-electron chi connectivity index (χ0n) is 10.9. The summed E-state index contributed by atoms with van der Waals surface area (Å²) in [6.45, 7) is 3.53. The van der Waals surface area contributed by atoms with Crippen LogP contribution in [0.4, 0.5) is 11.5 Å². The van der Waals surface area contributed by atoms with Gasteiger partial charge in [-0.15, -0.1) is 0 Å². The Morgan fingerprint density at radius 1 is 1.32 bits per heavy atom. The van der Waals surface area contributed by atoms with E-state index < -0.39 is 10.0 Å². The fraction of sp³-hybridized carbons (Fsp3) is 0.273. The molecule has 19 heavy (non-hydrogen) atoms. The van der Waals surface area contributed by atoms with Gasteiger partial charge in [0.1, 0.15) is 10.7 Å². The van der Waals surface area contributed by atoms with E-state index in [9.17, 15) is 8.42 Å². The third kappa shape index (κ3) is 2.53. The van der Waals surface area contributed by atoms with Crippen molar-refractivity contribution in [1.82, 2.24) is 14.8 Å². The van der Waals surface area contributed by atoms with E-state index in [0.717, 1.165) is 5.69 Å². The number of hydrogen-bond acceptors (Lipinski definition) is 5. The van der Waals surface area contributed by atoms with E-state index in [4.69, 9.17) is 5.73 Å². The van der Waals surface area contributed by atoms with Crippen LogP contribution in [0.25, 0.3) is 0 Å². The monoisotopic (exact) mass is 281 g/mol. The van der Waals surface area contributed by atoms with Crippen molar-refractivity contribution in [2.75, 3.05) is 10.5 Å². The lowest BCUT2D eigenvalue weighted by atomic mass is 10.3. The average Bonchev–Trinajstić information content (AvgIpc) is 2.56. The maximum atomic E-state index is 12.2. The van der Waals surface area contributed by atoms with Crippen LogP contribution in [0.1, 0.15) is 11.4 Å². The minimum atomic E-state index is -3.68. The first-order valence-electron chi connectivity index (χ1n) is 5.56. The summed E-state index contributed by atoms with van der Waals surface area (Å²) in [5, 5.41) is 4.16. The van der Waals surface area contributed by atoms with Gasteiger partial charge in [0.15, 0.2) is 0 Å². The van der Waals surface area contributed by atoms with Crippen molar-refractivity contribution in [3.63, 3.8) is 0 Å². The fourth-order valence-corrected chi connectivity index (χ4v) is 2.79. The molecule has 0 spiro atoms. The van der Waals surface area contributed by atoms with Crippen LogP contribution in [0, 0.1) is 13.8 Å². The smallest absolute Gasteiger partial charge is 0.263 e. The molecule has 2 heterocycles. The Hall–Kier alpha value is -2.09. The van der Waals surface area contributed by atoms with Crippen LogP contribution in [0.15, 0.2) is 23.2 Å². The average molecular weight is 281 g/mol. The van der Waals surface area contributed by atoms with Gasteiger partial charge >= 0.3 is 0 Å². The van der Waals surface area contributed by atoms with Crippen molar-refractivity contribution in [2.24, 2.45) is 7.05 Å². The first kappa shape index (κ1) is 13.3. The Kier molecular flexibility index (Phi) is 3.19. The van der Waals surface area contributed by atoms with Gasteiger partial charge in [0.2, 0.25) is 0 Å². The van der Waals surface area contributed by atoms with Crippen LogP contribution in [0.3, 0.4) is 0 Å². The molecule has 2 aromatic rings. The molecule has 0 aromatic carbocycles. The Morgan fingerprint density at radius 2 is 2.00 bits per heavy atom. The molecule has 0 aliphatic carbocycles. The van der Waals surface area contributed by atoms with Gasteiger partial charge in [0, 0.05) is 13.2 Å². The van der Waals surface area contributed by atoms with Gasteiger partial charge in [0.05, 0.1) is 17.1 Å². The summed E-state index contributed by atoms with van der Waals surface area (Å²) in [5.41, 5.74) is 7.28. The van der Waals surface area contributed by atoms with Crippen LogP contribution in [0.2, 0.25) is 0 Å². The van der Waals surface area contributed by atoms with Crippen LogP contribution < -0.4 is 10.5 Å². The number of nitrogens with two attached hydrogens (primary N) is 1. The molecule has 0 unspecified atom stereocenters. The van der Waals surface area contributed by atoms with Crippen molar-refractivity contribution in [3.05, 3.63) is 29.7 Å². The van der Waals surface area contributed by atoms with Crippen molar-refractivity contribution in [1.29, 1.82) is 0 Å². The number of sulfonamides is 1. The van der Waals surface area contributed by atoms with E-state index in [1.807, 2.05) is 0 Å². The molecule has 0 radical (unpaired) electrons. The van der Waals surface area contributed by atoms with Gasteiger partial charge in [-0.1, -0.05) is 0 Å². The molecule has 0 amide bonds. The van der Waals surface area contributed by atoms with Crippen molar-refractivity contribution >= 4 is 21.5 Å². The van der Waals surface area contributed by atoms with Crippen LogP contribution in [-0.4, -0.2) is 23.2 Å². The molecule has 0 bridgehead atoms. The summed E-state index contributed by atoms with van der Waals surface area (Å²) < 4.78 is 28.5. The number of hydrogen-bond donors (Lipinski definition) is 2. The van der Waals surface area contributed by atoms with Gasteiger partial charge in [-0.3, -0.25) is 9.40 Å². The minimum absolute atomic E-state index is 0.0596. The second kappa shape index (κ2) is 4.54. The zero-order valence-corrected chi connectivity index (χ0v) is 11.7. The van der Waals surface area contributed by atoms with Gasteiger partial charge in [0.25, 0.3) is 10.0 Å². The van der Waals surface area contributed by atoms with E-state index in [2.05, 4.69) is 14.8 Å². The highest BCUT2D eigenvalue weighted by Crippen LogP contribution is 2.22. The Labute approximate surface area is 111 Å². The fourth-order valence-electron chi connectivity index (χ4n) is 1.67. The van der Waals surface area contributed by atoms with Crippen molar-refractivity contribution in [2.45, 2.75) is 18.7 Å². The predicted octanol–water partition coefficient (Wildman–Crippen LogP) is 0.815. The Morgan fingerprint density at radius 3 is 2.47 bits per heavy atom. The van der Waals surface area contributed by atoms with Crippen molar-refractivity contribution in [3.8, 4) is 0 Å². The minimum Gasteiger partial charge on any atom is -0.384 e. The van der Waals surface area contributed by atoms with E-state index in [0.29, 0.717) is 11.4 Å². The molecule has 0 aliphatic rings. The van der Waals surface area contributed by atoms with Crippen LogP contribution in [-0.2, 0) is 17.1 Å². The Bertz CT molecular complexity index is 703. The first-order valence-corrected chi connectivity index (χ1v) is 7.04. The highest BCUT2D eigenvalue weighted by atomic mass is 32.2. The van der Waals surface area contributed by atoms with E-state index in [1.165, 1.54) is 18.3 Å². The summed E-state index contributed by atoms with van der Waals surface area (Å²) in [4.78, 5) is 3.83. The molecule has 0 fully saturated rings. The normalized spacial score (nSPS) is 11.5. The molecule has 0 saturated heterocycles. The largest absolute Gasteiger partial charge is 0.384 e. The SMILES string of the molecule is Cc1nn(C)c(C)c1NS(=O)(=O)c1ccc(N)nc1. The maximum Gasteiger partial charge on any atom is 0.263 e. The van der Waals surface area contributed by atoms with E-state index in [1.54, 1.807) is 25.6 Å². The second-order valence-electron chi connectivity index (χ2n) is 4.19. The molecule has 2 rings (SSSR count). The summed E-state index contributed by atoms with van der Waals surface area (Å²) in [7, 11) is -1.93. The number of aromatic nitrogens is 3. The van der Waals surface area contributed by atoms with Crippen molar-refractivity contribution < 1.29 is 8.42 Å². The lowest BCUT2D eigenvalue weighted by Gasteiger charge is -2.08. The number of nitrogens with zero attached hydrogens (tertiary/aromatic N) is 3. The molecular weight excluding hydrogens is 266 g/mol. The summed E-state index contributed by atoms with van der Waals surface area (Å²) in [6.07, 6.45) is 1.22. The maximum absolute atomic E-state index is 12.2. The second-order valence-corrected chi connectivity index (χ2v) is 5.88. The Balaban J connectivity index is 2.39. The summed E-state index contributed by atoms with van der Waals surface area (Å²) in [5.74, 6) is 0.271. The van der Waals surface area contributed by atoms with Gasteiger partial charge < -0.3 is 5.73 Å². The standard InChI is InChI=1S/C11H15N5O2S/c1-7-11(8(2)16(3)14-7)15-19(17,18)9-4-5-10(12)13-6-9/h4-6,15H,1-3H3,(H2,12,13). The highest BCUT2D eigenvalue weighted by molar-refractivity contribution is 7.92. The third-order valence-corrected chi connectivity index (χ3v) is 4.15. The molecule has 2 aromatic heterocycles. The molecule has 0 atom stereocenters. The molecular formula is C11H15N5O2S. The van der Waals surface area contributed by atoms with Crippen LogP contribution in [0.5, 0.6) is 0 Å². The lowest BCUT2D eigenvalue weighted by Crippen LogP contribution is -2.14. The molecule has 3 N–H and O–H groups in total. The molecule has 7 nitrogen and oxygen atoms in total. The zero-order chi connectivity index (χ0) is 14.2. The quantitative estimate of drug-likeness (QED) is 0.866. The molecule has 0 aliphatic heterocycles. The number of anilines is 2. The third-order valence-electron chi connectivity index (χ3n) is 2.81. The van der Waals surface area contributed by atoms with Gasteiger partial charge in [-0.2, -0.15) is 5.10 Å².